The molecule has 0 spiro atoms. The van der Waals surface area contributed by atoms with Gasteiger partial charge in [0, 0.05) is 6.54 Å². The number of para-hydroxylation sites is 1. The number of halogens is 2. The lowest BCUT2D eigenvalue weighted by Crippen LogP contribution is -2.38. The predicted octanol–water partition coefficient (Wildman–Crippen LogP) is 3.54. The van der Waals surface area contributed by atoms with E-state index in [9.17, 15) is 22.0 Å². The number of carbonyl (C=O) groups is 1. The van der Waals surface area contributed by atoms with Crippen LogP contribution in [0.25, 0.3) is 0 Å². The zero-order valence-electron chi connectivity index (χ0n) is 15.6. The molecular formula is C19H22F2N2O3S. The van der Waals surface area contributed by atoms with E-state index >= 15 is 0 Å². The first-order chi connectivity index (χ1) is 12.6. The molecule has 0 aliphatic carbocycles. The van der Waals surface area contributed by atoms with Gasteiger partial charge in [0.15, 0.2) is 0 Å². The molecule has 2 aromatic carbocycles. The van der Waals surface area contributed by atoms with Gasteiger partial charge in [-0.15, -0.1) is 0 Å². The number of anilines is 1. The molecule has 8 heteroatoms. The SMILES string of the molecule is CCN(CC(=O)Nc1c(F)cccc1F)S(=O)(=O)c1c(C)cc(C)cc1C. The number of amides is 1. The lowest BCUT2D eigenvalue weighted by molar-refractivity contribution is -0.116. The molecule has 2 rings (SSSR count). The van der Waals surface area contributed by atoms with Crippen molar-refractivity contribution in [2.75, 3.05) is 18.4 Å². The van der Waals surface area contributed by atoms with Gasteiger partial charge >= 0.3 is 0 Å². The van der Waals surface area contributed by atoms with Crippen LogP contribution in [0.4, 0.5) is 14.5 Å². The molecule has 1 amide bonds. The number of carbonyl (C=O) groups excluding carboxylic acids is 1. The third-order valence-corrected chi connectivity index (χ3v) is 6.33. The highest BCUT2D eigenvalue weighted by Crippen LogP contribution is 2.25. The standard InChI is InChI=1S/C19H22F2N2O3S/c1-5-23(11-17(24)22-18-15(20)7-6-8-16(18)21)27(25,26)19-13(3)9-12(2)10-14(19)4/h6-10H,5,11H2,1-4H3,(H,22,24). The summed E-state index contributed by atoms with van der Waals surface area (Å²) in [4.78, 5) is 12.4. The minimum Gasteiger partial charge on any atom is -0.320 e. The molecule has 0 aliphatic rings. The maximum absolute atomic E-state index is 13.7. The van der Waals surface area contributed by atoms with Gasteiger partial charge in [0.25, 0.3) is 0 Å². The van der Waals surface area contributed by atoms with E-state index in [2.05, 4.69) is 5.32 Å². The van der Waals surface area contributed by atoms with Crippen LogP contribution in [0.3, 0.4) is 0 Å². The zero-order chi connectivity index (χ0) is 20.4. The highest BCUT2D eigenvalue weighted by Gasteiger charge is 2.29. The molecule has 0 saturated heterocycles. The van der Waals surface area contributed by atoms with Crippen molar-refractivity contribution in [1.29, 1.82) is 0 Å². The van der Waals surface area contributed by atoms with Crippen molar-refractivity contribution in [3.8, 4) is 0 Å². The summed E-state index contributed by atoms with van der Waals surface area (Å²) < 4.78 is 54.4. The normalized spacial score (nSPS) is 11.7. The lowest BCUT2D eigenvalue weighted by atomic mass is 10.1. The molecule has 0 atom stereocenters. The average Bonchev–Trinajstić information content (AvgIpc) is 2.54. The molecule has 0 fully saturated rings. The Labute approximate surface area is 158 Å². The van der Waals surface area contributed by atoms with Crippen LogP contribution in [0.2, 0.25) is 0 Å². The van der Waals surface area contributed by atoms with E-state index < -0.39 is 39.8 Å². The number of hydrogen-bond donors (Lipinski definition) is 1. The molecule has 0 radical (unpaired) electrons. The Balaban J connectivity index is 2.30. The Morgan fingerprint density at radius 2 is 1.59 bits per heavy atom. The largest absolute Gasteiger partial charge is 0.320 e. The molecule has 0 aromatic heterocycles. The maximum Gasteiger partial charge on any atom is 0.244 e. The van der Waals surface area contributed by atoms with Crippen LogP contribution < -0.4 is 5.32 Å². The summed E-state index contributed by atoms with van der Waals surface area (Å²) in [6, 6.07) is 6.69. The Morgan fingerprint density at radius 3 is 2.07 bits per heavy atom. The Morgan fingerprint density at radius 1 is 1.07 bits per heavy atom. The van der Waals surface area contributed by atoms with E-state index in [0.717, 1.165) is 22.0 Å². The summed E-state index contributed by atoms with van der Waals surface area (Å²) in [5, 5.41) is 2.11. The van der Waals surface area contributed by atoms with Crippen molar-refractivity contribution in [2.45, 2.75) is 32.6 Å². The van der Waals surface area contributed by atoms with Crippen LogP contribution in [-0.4, -0.2) is 31.7 Å². The molecule has 0 saturated carbocycles. The summed E-state index contributed by atoms with van der Waals surface area (Å²) >= 11 is 0. The van der Waals surface area contributed by atoms with Gasteiger partial charge in [-0.3, -0.25) is 4.79 Å². The number of sulfonamides is 1. The van der Waals surface area contributed by atoms with Gasteiger partial charge in [-0.25, -0.2) is 17.2 Å². The number of nitrogens with one attached hydrogen (secondary N) is 1. The monoisotopic (exact) mass is 396 g/mol. The molecule has 1 N–H and O–H groups in total. The van der Waals surface area contributed by atoms with Crippen LogP contribution in [0.15, 0.2) is 35.2 Å². The van der Waals surface area contributed by atoms with Crippen molar-refractivity contribution in [2.24, 2.45) is 0 Å². The topological polar surface area (TPSA) is 66.5 Å². The summed E-state index contributed by atoms with van der Waals surface area (Å²) in [5.74, 6) is -2.69. The molecule has 2 aromatic rings. The van der Waals surface area contributed by atoms with Gasteiger partial charge in [0.05, 0.1) is 11.4 Å². The van der Waals surface area contributed by atoms with E-state index in [1.165, 1.54) is 6.07 Å². The number of rotatable bonds is 6. The van der Waals surface area contributed by atoms with Gasteiger partial charge in [0.1, 0.15) is 17.3 Å². The Bertz CT molecular complexity index is 932. The molecule has 0 aliphatic heterocycles. The second-order valence-electron chi connectivity index (χ2n) is 6.30. The number of benzene rings is 2. The van der Waals surface area contributed by atoms with Gasteiger partial charge in [-0.05, 0) is 44.0 Å². The van der Waals surface area contributed by atoms with E-state index in [0.29, 0.717) is 11.1 Å². The molecule has 0 heterocycles. The molecule has 5 nitrogen and oxygen atoms in total. The lowest BCUT2D eigenvalue weighted by Gasteiger charge is -2.22. The van der Waals surface area contributed by atoms with Gasteiger partial charge in [0.2, 0.25) is 15.9 Å². The molecule has 0 bridgehead atoms. The third kappa shape index (κ3) is 4.51. The smallest absolute Gasteiger partial charge is 0.244 e. The number of likely N-dealkylation sites (N-methyl/N-ethyl adjacent to an activating group) is 1. The summed E-state index contributed by atoms with van der Waals surface area (Å²) in [6.45, 7) is 6.31. The molecule has 146 valence electrons. The van der Waals surface area contributed by atoms with Crippen molar-refractivity contribution in [1.82, 2.24) is 4.31 Å². The second kappa shape index (κ2) is 8.14. The highest BCUT2D eigenvalue weighted by molar-refractivity contribution is 7.89. The number of aryl methyl sites for hydroxylation is 3. The van der Waals surface area contributed by atoms with Crippen LogP contribution >= 0.6 is 0 Å². The molecule has 0 unspecified atom stereocenters. The molecular weight excluding hydrogens is 374 g/mol. The van der Waals surface area contributed by atoms with E-state index in [1.807, 2.05) is 6.92 Å². The highest BCUT2D eigenvalue weighted by atomic mass is 32.2. The first-order valence-corrected chi connectivity index (χ1v) is 9.83. The number of hydrogen-bond acceptors (Lipinski definition) is 3. The maximum atomic E-state index is 13.7. The van der Waals surface area contributed by atoms with Crippen LogP contribution in [-0.2, 0) is 14.8 Å². The quantitative estimate of drug-likeness (QED) is 0.812. The van der Waals surface area contributed by atoms with Gasteiger partial charge in [-0.1, -0.05) is 30.7 Å². The summed E-state index contributed by atoms with van der Waals surface area (Å²) in [7, 11) is -3.95. The van der Waals surface area contributed by atoms with Crippen LogP contribution in [0, 0.1) is 32.4 Å². The third-order valence-electron chi connectivity index (χ3n) is 4.10. The van der Waals surface area contributed by atoms with Crippen molar-refractivity contribution < 1.29 is 22.0 Å². The van der Waals surface area contributed by atoms with E-state index in [1.54, 1.807) is 32.9 Å². The predicted molar refractivity (Wildman–Crippen MR) is 100 cm³/mol. The minimum absolute atomic E-state index is 0.0300. The number of nitrogens with zero attached hydrogens (tertiary/aromatic N) is 1. The Hall–Kier alpha value is -2.32. The van der Waals surface area contributed by atoms with Crippen LogP contribution in [0.5, 0.6) is 0 Å². The van der Waals surface area contributed by atoms with Crippen molar-refractivity contribution in [3.05, 3.63) is 58.7 Å². The summed E-state index contributed by atoms with van der Waals surface area (Å²) in [6.07, 6.45) is 0. The van der Waals surface area contributed by atoms with E-state index in [4.69, 9.17) is 0 Å². The van der Waals surface area contributed by atoms with E-state index in [-0.39, 0.29) is 11.4 Å². The van der Waals surface area contributed by atoms with Crippen molar-refractivity contribution in [3.63, 3.8) is 0 Å². The fraction of sp³-hybridized carbons (Fsp3) is 0.316. The zero-order valence-corrected chi connectivity index (χ0v) is 16.5. The fourth-order valence-electron chi connectivity index (χ4n) is 3.03. The van der Waals surface area contributed by atoms with Gasteiger partial charge in [-0.2, -0.15) is 4.31 Å². The van der Waals surface area contributed by atoms with Gasteiger partial charge < -0.3 is 5.32 Å². The minimum atomic E-state index is -3.95. The molecule has 27 heavy (non-hydrogen) atoms. The first-order valence-electron chi connectivity index (χ1n) is 8.39. The second-order valence-corrected chi connectivity index (χ2v) is 8.18. The van der Waals surface area contributed by atoms with Crippen molar-refractivity contribution >= 4 is 21.6 Å². The van der Waals surface area contributed by atoms with Crippen LogP contribution in [0.1, 0.15) is 23.6 Å². The first kappa shape index (κ1) is 21.0. The average molecular weight is 396 g/mol. The fourth-order valence-corrected chi connectivity index (χ4v) is 4.84. The summed E-state index contributed by atoms with van der Waals surface area (Å²) in [5.41, 5.74) is 1.48. The Kier molecular flexibility index (Phi) is 6.33.